The van der Waals surface area contributed by atoms with Gasteiger partial charge in [0.25, 0.3) is 0 Å². The molecule has 144 valence electrons. The minimum absolute atomic E-state index is 0.00632. The highest BCUT2D eigenvalue weighted by Crippen LogP contribution is 2.33. The predicted octanol–water partition coefficient (Wildman–Crippen LogP) is 3.42. The van der Waals surface area contributed by atoms with E-state index < -0.39 is 11.6 Å². The average Bonchev–Trinajstić information content (AvgIpc) is 2.68. The lowest BCUT2D eigenvalue weighted by Crippen LogP contribution is -2.21. The fourth-order valence-electron chi connectivity index (χ4n) is 3.38. The SMILES string of the molecule is CCOC(=O)c1cc2c(=O)oc3cc(N(CC)CC)ccc3c2c(C#N)c1N. The molecule has 0 radical (unpaired) electrons. The van der Waals surface area contributed by atoms with Crippen LogP contribution in [0.1, 0.15) is 36.7 Å². The summed E-state index contributed by atoms with van der Waals surface area (Å²) in [5.41, 5.74) is 6.77. The van der Waals surface area contributed by atoms with E-state index in [0.717, 1.165) is 18.8 Å². The number of nitrogens with two attached hydrogens (primary N) is 1. The van der Waals surface area contributed by atoms with Crippen LogP contribution in [0.5, 0.6) is 0 Å². The number of nitriles is 1. The molecular weight excluding hydrogens is 358 g/mol. The highest BCUT2D eigenvalue weighted by Gasteiger charge is 2.21. The van der Waals surface area contributed by atoms with Crippen LogP contribution in [0.25, 0.3) is 21.7 Å². The number of nitrogen functional groups attached to an aromatic ring is 1. The molecule has 2 aromatic carbocycles. The van der Waals surface area contributed by atoms with Gasteiger partial charge in [-0.15, -0.1) is 0 Å². The Hall–Kier alpha value is -3.53. The van der Waals surface area contributed by atoms with E-state index >= 15 is 0 Å². The van der Waals surface area contributed by atoms with Crippen LogP contribution < -0.4 is 16.3 Å². The topological polar surface area (TPSA) is 110 Å². The predicted molar refractivity (Wildman–Crippen MR) is 109 cm³/mol. The number of fused-ring (bicyclic) bond motifs is 3. The Morgan fingerprint density at radius 1 is 1.21 bits per heavy atom. The standard InChI is InChI=1S/C21H21N3O4/c1-4-24(5-2)12-7-8-13-17(9-12)28-21(26)14-10-15(20(25)27-6-3)19(23)16(11-22)18(13)14/h7-10H,4-6,23H2,1-3H3. The molecule has 28 heavy (non-hydrogen) atoms. The fourth-order valence-corrected chi connectivity index (χ4v) is 3.38. The van der Waals surface area contributed by atoms with Crippen LogP contribution >= 0.6 is 0 Å². The number of esters is 1. The van der Waals surface area contributed by atoms with Crippen molar-refractivity contribution in [3.8, 4) is 6.07 Å². The first-order valence-electron chi connectivity index (χ1n) is 9.11. The van der Waals surface area contributed by atoms with Gasteiger partial charge in [0.15, 0.2) is 0 Å². The third kappa shape index (κ3) is 3.03. The molecule has 0 saturated carbocycles. The summed E-state index contributed by atoms with van der Waals surface area (Å²) in [5, 5.41) is 10.8. The quantitative estimate of drug-likeness (QED) is 0.313. The van der Waals surface area contributed by atoms with E-state index in [1.807, 2.05) is 26.0 Å². The molecule has 0 fully saturated rings. The van der Waals surface area contributed by atoms with E-state index in [1.54, 1.807) is 19.1 Å². The molecule has 0 saturated heterocycles. The van der Waals surface area contributed by atoms with Crippen LogP contribution in [0, 0.1) is 11.3 Å². The first-order chi connectivity index (χ1) is 13.5. The summed E-state index contributed by atoms with van der Waals surface area (Å²) in [5.74, 6) is -0.685. The molecule has 3 aromatic rings. The summed E-state index contributed by atoms with van der Waals surface area (Å²) >= 11 is 0. The number of benzene rings is 2. The molecule has 1 heterocycles. The van der Waals surface area contributed by atoms with Crippen LogP contribution in [-0.2, 0) is 4.74 Å². The van der Waals surface area contributed by atoms with Gasteiger partial charge < -0.3 is 19.8 Å². The molecule has 0 aliphatic rings. The van der Waals surface area contributed by atoms with Crippen molar-refractivity contribution >= 4 is 39.1 Å². The van der Waals surface area contributed by atoms with Gasteiger partial charge in [-0.1, -0.05) is 0 Å². The maximum absolute atomic E-state index is 12.6. The Morgan fingerprint density at radius 2 is 1.93 bits per heavy atom. The van der Waals surface area contributed by atoms with Crippen molar-refractivity contribution in [1.29, 1.82) is 5.26 Å². The van der Waals surface area contributed by atoms with Crippen LogP contribution in [-0.4, -0.2) is 25.7 Å². The van der Waals surface area contributed by atoms with Gasteiger partial charge in [0.1, 0.15) is 11.7 Å². The van der Waals surface area contributed by atoms with Crippen molar-refractivity contribution in [2.75, 3.05) is 30.3 Å². The lowest BCUT2D eigenvalue weighted by atomic mass is 9.97. The van der Waals surface area contributed by atoms with E-state index in [4.69, 9.17) is 14.9 Å². The lowest BCUT2D eigenvalue weighted by Gasteiger charge is -2.21. The molecule has 7 nitrogen and oxygen atoms in total. The number of rotatable bonds is 5. The zero-order valence-corrected chi connectivity index (χ0v) is 16.0. The summed E-state index contributed by atoms with van der Waals surface area (Å²) in [6.45, 7) is 7.50. The van der Waals surface area contributed by atoms with Gasteiger partial charge in [0, 0.05) is 35.6 Å². The van der Waals surface area contributed by atoms with Crippen molar-refractivity contribution in [2.45, 2.75) is 20.8 Å². The Morgan fingerprint density at radius 3 is 2.54 bits per heavy atom. The van der Waals surface area contributed by atoms with Gasteiger partial charge in [0.05, 0.1) is 28.8 Å². The number of hydrogen-bond acceptors (Lipinski definition) is 7. The second kappa shape index (κ2) is 7.61. The summed E-state index contributed by atoms with van der Waals surface area (Å²) in [4.78, 5) is 26.9. The van der Waals surface area contributed by atoms with Crippen molar-refractivity contribution in [3.05, 3.63) is 45.8 Å². The summed E-state index contributed by atoms with van der Waals surface area (Å²) in [6, 6.07) is 8.86. The minimum Gasteiger partial charge on any atom is -0.462 e. The van der Waals surface area contributed by atoms with E-state index in [2.05, 4.69) is 4.90 Å². The molecule has 3 rings (SSSR count). The second-order valence-electron chi connectivity index (χ2n) is 6.21. The number of carbonyl (C=O) groups is 1. The Labute approximate surface area is 161 Å². The maximum atomic E-state index is 12.6. The third-order valence-electron chi connectivity index (χ3n) is 4.76. The molecule has 1 aromatic heterocycles. The largest absolute Gasteiger partial charge is 0.462 e. The van der Waals surface area contributed by atoms with Gasteiger partial charge in [0.2, 0.25) is 0 Å². The molecular formula is C21H21N3O4. The first-order valence-corrected chi connectivity index (χ1v) is 9.11. The minimum atomic E-state index is -0.685. The van der Waals surface area contributed by atoms with Crippen molar-refractivity contribution in [2.24, 2.45) is 0 Å². The van der Waals surface area contributed by atoms with Gasteiger partial charge in [-0.3, -0.25) is 0 Å². The Kier molecular flexibility index (Phi) is 5.23. The highest BCUT2D eigenvalue weighted by atomic mass is 16.5. The van der Waals surface area contributed by atoms with Crippen LogP contribution in [0.4, 0.5) is 11.4 Å². The molecule has 0 bridgehead atoms. The molecule has 0 atom stereocenters. The molecule has 0 spiro atoms. The lowest BCUT2D eigenvalue weighted by molar-refractivity contribution is 0.0528. The summed E-state index contributed by atoms with van der Waals surface area (Å²) in [7, 11) is 0. The highest BCUT2D eigenvalue weighted by molar-refractivity contribution is 6.13. The van der Waals surface area contributed by atoms with Crippen molar-refractivity contribution in [3.63, 3.8) is 0 Å². The number of anilines is 2. The fraction of sp³-hybridized carbons (Fsp3) is 0.286. The molecule has 7 heteroatoms. The smallest absolute Gasteiger partial charge is 0.344 e. The number of nitrogens with zero attached hydrogens (tertiary/aromatic N) is 2. The normalized spacial score (nSPS) is 10.8. The Balaban J connectivity index is 2.39. The van der Waals surface area contributed by atoms with Crippen LogP contribution in [0.2, 0.25) is 0 Å². The van der Waals surface area contributed by atoms with E-state index in [-0.39, 0.29) is 28.8 Å². The van der Waals surface area contributed by atoms with Gasteiger partial charge in [-0.2, -0.15) is 5.26 Å². The molecule has 0 aliphatic carbocycles. The second-order valence-corrected chi connectivity index (χ2v) is 6.21. The maximum Gasteiger partial charge on any atom is 0.344 e. The number of hydrogen-bond donors (Lipinski definition) is 1. The van der Waals surface area contributed by atoms with Crippen molar-refractivity contribution in [1.82, 2.24) is 0 Å². The average molecular weight is 379 g/mol. The van der Waals surface area contributed by atoms with Crippen LogP contribution in [0.3, 0.4) is 0 Å². The van der Waals surface area contributed by atoms with Crippen LogP contribution in [0.15, 0.2) is 33.5 Å². The molecule has 0 unspecified atom stereocenters. The third-order valence-corrected chi connectivity index (χ3v) is 4.76. The van der Waals surface area contributed by atoms with Gasteiger partial charge in [-0.25, -0.2) is 9.59 Å². The van der Waals surface area contributed by atoms with Crippen molar-refractivity contribution < 1.29 is 13.9 Å². The van der Waals surface area contributed by atoms with Gasteiger partial charge >= 0.3 is 11.6 Å². The Bertz CT molecular complexity index is 1170. The van der Waals surface area contributed by atoms with E-state index in [9.17, 15) is 14.9 Å². The van der Waals surface area contributed by atoms with E-state index in [1.165, 1.54) is 6.07 Å². The number of ether oxygens (including phenoxy) is 1. The van der Waals surface area contributed by atoms with E-state index in [0.29, 0.717) is 16.4 Å². The zero-order valence-electron chi connectivity index (χ0n) is 16.0. The summed E-state index contributed by atoms with van der Waals surface area (Å²) in [6.07, 6.45) is 0. The van der Waals surface area contributed by atoms with Gasteiger partial charge in [-0.05, 0) is 39.0 Å². The zero-order chi connectivity index (χ0) is 20.4. The molecule has 0 aliphatic heterocycles. The summed E-state index contributed by atoms with van der Waals surface area (Å²) < 4.78 is 10.5. The molecule has 2 N–H and O–H groups in total. The number of carbonyl (C=O) groups excluding carboxylic acids is 1. The monoisotopic (exact) mass is 379 g/mol. The first kappa shape index (κ1) is 19.2. The molecule has 0 amide bonds.